The summed E-state index contributed by atoms with van der Waals surface area (Å²) in [7, 11) is 3.44. The van der Waals surface area contributed by atoms with Gasteiger partial charge in [-0.3, -0.25) is 9.59 Å². The van der Waals surface area contributed by atoms with Crippen molar-refractivity contribution >= 4 is 22.6 Å². The van der Waals surface area contributed by atoms with Gasteiger partial charge in [-0.05, 0) is 11.6 Å². The SMILES string of the molecule is CCC(=O)c1[nH]c2ccccc2c1CC(=O)N(C)C. The van der Waals surface area contributed by atoms with Gasteiger partial charge in [0.25, 0.3) is 0 Å². The number of nitrogens with one attached hydrogen (secondary N) is 1. The van der Waals surface area contributed by atoms with Gasteiger partial charge in [-0.15, -0.1) is 0 Å². The number of nitrogens with zero attached hydrogens (tertiary/aromatic N) is 1. The first-order valence-corrected chi connectivity index (χ1v) is 6.37. The van der Waals surface area contributed by atoms with Crippen molar-refractivity contribution in [3.05, 3.63) is 35.5 Å². The van der Waals surface area contributed by atoms with Crippen molar-refractivity contribution in [2.75, 3.05) is 14.1 Å². The maximum Gasteiger partial charge on any atom is 0.226 e. The Hall–Kier alpha value is -2.10. The summed E-state index contributed by atoms with van der Waals surface area (Å²) >= 11 is 0. The predicted octanol–water partition coefficient (Wildman–Crippen LogP) is 2.39. The van der Waals surface area contributed by atoms with Crippen molar-refractivity contribution in [2.24, 2.45) is 0 Å². The molecule has 0 aliphatic rings. The Kier molecular flexibility index (Phi) is 3.69. The molecule has 1 amide bonds. The summed E-state index contributed by atoms with van der Waals surface area (Å²) in [6, 6.07) is 7.69. The number of carbonyl (C=O) groups is 2. The molecular weight excluding hydrogens is 240 g/mol. The number of H-pyrrole nitrogens is 1. The molecule has 4 heteroatoms. The summed E-state index contributed by atoms with van der Waals surface area (Å²) in [6.45, 7) is 1.82. The fraction of sp³-hybridized carbons (Fsp3) is 0.333. The van der Waals surface area contributed by atoms with Gasteiger partial charge in [-0.1, -0.05) is 25.1 Å². The molecule has 1 aromatic carbocycles. The number of hydrogen-bond acceptors (Lipinski definition) is 2. The van der Waals surface area contributed by atoms with Crippen molar-refractivity contribution < 1.29 is 9.59 Å². The number of Topliss-reactive ketones (excluding diaryl/α,β-unsaturated/α-hetero) is 1. The quantitative estimate of drug-likeness (QED) is 0.856. The molecule has 0 aliphatic heterocycles. The van der Waals surface area contributed by atoms with Crippen LogP contribution in [0.15, 0.2) is 24.3 Å². The lowest BCUT2D eigenvalue weighted by molar-refractivity contribution is -0.127. The van der Waals surface area contributed by atoms with E-state index in [0.29, 0.717) is 12.1 Å². The molecule has 0 spiro atoms. The third-order valence-corrected chi connectivity index (χ3v) is 3.24. The minimum atomic E-state index is -0.00472. The van der Waals surface area contributed by atoms with Crippen molar-refractivity contribution in [3.8, 4) is 0 Å². The molecule has 0 saturated heterocycles. The number of aromatic amines is 1. The van der Waals surface area contributed by atoms with Crippen LogP contribution in [0.25, 0.3) is 10.9 Å². The lowest BCUT2D eigenvalue weighted by atomic mass is 10.0. The standard InChI is InChI=1S/C15H18N2O2/c1-4-13(18)15-11(9-14(19)17(2)3)10-7-5-6-8-12(10)16-15/h5-8,16H,4,9H2,1-3H3. The summed E-state index contributed by atoms with van der Waals surface area (Å²) in [4.78, 5) is 28.6. The summed E-state index contributed by atoms with van der Waals surface area (Å²) in [6.07, 6.45) is 0.675. The number of para-hydroxylation sites is 1. The molecule has 100 valence electrons. The van der Waals surface area contributed by atoms with Gasteiger partial charge in [-0.2, -0.15) is 0 Å². The number of fused-ring (bicyclic) bond motifs is 1. The molecule has 1 N–H and O–H groups in total. The summed E-state index contributed by atoms with van der Waals surface area (Å²) in [5.74, 6) is 0.0349. The van der Waals surface area contributed by atoms with Crippen molar-refractivity contribution in [1.29, 1.82) is 0 Å². The van der Waals surface area contributed by atoms with Gasteiger partial charge in [0.1, 0.15) is 0 Å². The van der Waals surface area contributed by atoms with Crippen LogP contribution >= 0.6 is 0 Å². The Morgan fingerprint density at radius 3 is 2.53 bits per heavy atom. The number of ketones is 1. The third-order valence-electron chi connectivity index (χ3n) is 3.24. The molecule has 0 fully saturated rings. The molecule has 1 heterocycles. The number of aromatic nitrogens is 1. The van der Waals surface area contributed by atoms with Crippen molar-refractivity contribution in [3.63, 3.8) is 0 Å². The third kappa shape index (κ3) is 2.52. The topological polar surface area (TPSA) is 53.2 Å². The van der Waals surface area contributed by atoms with Gasteiger partial charge in [0, 0.05) is 31.4 Å². The summed E-state index contributed by atoms with van der Waals surface area (Å²) in [5.41, 5.74) is 2.28. The smallest absolute Gasteiger partial charge is 0.226 e. The number of likely N-dealkylation sites (N-methyl/N-ethyl adjacent to an activating group) is 1. The first-order valence-electron chi connectivity index (χ1n) is 6.37. The van der Waals surface area contributed by atoms with Crippen LogP contribution in [-0.2, 0) is 11.2 Å². The Morgan fingerprint density at radius 1 is 1.21 bits per heavy atom. The van der Waals surface area contributed by atoms with Crippen molar-refractivity contribution in [2.45, 2.75) is 19.8 Å². The molecule has 19 heavy (non-hydrogen) atoms. The summed E-state index contributed by atoms with van der Waals surface area (Å²) in [5, 5.41) is 0.953. The molecule has 0 unspecified atom stereocenters. The Morgan fingerprint density at radius 2 is 1.89 bits per heavy atom. The Labute approximate surface area is 112 Å². The van der Waals surface area contributed by atoms with Crippen LogP contribution in [-0.4, -0.2) is 35.7 Å². The largest absolute Gasteiger partial charge is 0.352 e. The molecule has 2 rings (SSSR count). The molecule has 4 nitrogen and oxygen atoms in total. The first-order chi connectivity index (χ1) is 9.04. The first kappa shape index (κ1) is 13.3. The van der Waals surface area contributed by atoms with Gasteiger partial charge in [0.15, 0.2) is 5.78 Å². The van der Waals surface area contributed by atoms with E-state index in [9.17, 15) is 9.59 Å². The van der Waals surface area contributed by atoms with E-state index in [-0.39, 0.29) is 18.1 Å². The van der Waals surface area contributed by atoms with E-state index in [2.05, 4.69) is 4.98 Å². The van der Waals surface area contributed by atoms with Crippen LogP contribution in [0.4, 0.5) is 0 Å². The van der Waals surface area contributed by atoms with Gasteiger partial charge >= 0.3 is 0 Å². The number of carbonyl (C=O) groups excluding carboxylic acids is 2. The predicted molar refractivity (Wildman–Crippen MR) is 75.3 cm³/mol. The normalized spacial score (nSPS) is 10.7. The minimum Gasteiger partial charge on any atom is -0.352 e. The summed E-state index contributed by atoms with van der Waals surface area (Å²) < 4.78 is 0. The van der Waals surface area contributed by atoms with Crippen LogP contribution in [0.5, 0.6) is 0 Å². The van der Waals surface area contributed by atoms with E-state index in [4.69, 9.17) is 0 Å². The van der Waals surface area contributed by atoms with Gasteiger partial charge in [0.2, 0.25) is 5.91 Å². The lowest BCUT2D eigenvalue weighted by Gasteiger charge is -2.10. The second kappa shape index (κ2) is 5.26. The number of benzene rings is 1. The van der Waals surface area contributed by atoms with E-state index in [0.717, 1.165) is 16.5 Å². The average molecular weight is 258 g/mol. The lowest BCUT2D eigenvalue weighted by Crippen LogP contribution is -2.24. The van der Waals surface area contributed by atoms with Crippen LogP contribution in [0.3, 0.4) is 0 Å². The highest BCUT2D eigenvalue weighted by atomic mass is 16.2. The van der Waals surface area contributed by atoms with Crippen LogP contribution in [0.2, 0.25) is 0 Å². The van der Waals surface area contributed by atoms with Crippen LogP contribution in [0.1, 0.15) is 29.4 Å². The Bertz CT molecular complexity index is 626. The fourth-order valence-corrected chi connectivity index (χ4v) is 2.11. The number of hydrogen-bond donors (Lipinski definition) is 1. The second-order valence-electron chi connectivity index (χ2n) is 4.77. The number of amides is 1. The van der Waals surface area contributed by atoms with Crippen LogP contribution < -0.4 is 0 Å². The van der Waals surface area contributed by atoms with Gasteiger partial charge < -0.3 is 9.88 Å². The number of rotatable bonds is 4. The molecule has 0 bridgehead atoms. The molecule has 1 aromatic heterocycles. The molecular formula is C15H18N2O2. The molecule has 0 saturated carbocycles. The molecule has 0 radical (unpaired) electrons. The van der Waals surface area contributed by atoms with E-state index in [1.165, 1.54) is 0 Å². The molecule has 0 atom stereocenters. The zero-order valence-electron chi connectivity index (χ0n) is 11.5. The fourth-order valence-electron chi connectivity index (χ4n) is 2.11. The van der Waals surface area contributed by atoms with E-state index in [1.54, 1.807) is 19.0 Å². The zero-order valence-corrected chi connectivity index (χ0v) is 11.5. The van der Waals surface area contributed by atoms with E-state index in [1.807, 2.05) is 31.2 Å². The van der Waals surface area contributed by atoms with Crippen LogP contribution in [0, 0.1) is 0 Å². The minimum absolute atomic E-state index is 0.00472. The monoisotopic (exact) mass is 258 g/mol. The molecule has 0 aliphatic carbocycles. The highest BCUT2D eigenvalue weighted by molar-refractivity contribution is 6.03. The van der Waals surface area contributed by atoms with Gasteiger partial charge in [-0.25, -0.2) is 0 Å². The second-order valence-corrected chi connectivity index (χ2v) is 4.77. The zero-order chi connectivity index (χ0) is 14.0. The molecule has 2 aromatic rings. The Balaban J connectivity index is 2.54. The van der Waals surface area contributed by atoms with Crippen molar-refractivity contribution in [1.82, 2.24) is 9.88 Å². The van der Waals surface area contributed by atoms with Gasteiger partial charge in [0.05, 0.1) is 12.1 Å². The maximum atomic E-state index is 12.0. The maximum absolute atomic E-state index is 12.0. The van der Waals surface area contributed by atoms with E-state index < -0.39 is 0 Å². The highest BCUT2D eigenvalue weighted by Crippen LogP contribution is 2.24. The average Bonchev–Trinajstić information content (AvgIpc) is 2.77. The highest BCUT2D eigenvalue weighted by Gasteiger charge is 2.19. The van der Waals surface area contributed by atoms with E-state index >= 15 is 0 Å².